The molecule has 1 unspecified atom stereocenters. The van der Waals surface area contributed by atoms with Crippen molar-refractivity contribution in [2.45, 2.75) is 26.2 Å². The lowest BCUT2D eigenvalue weighted by atomic mass is 10.0. The molecule has 1 aromatic rings. The number of amides is 1. The van der Waals surface area contributed by atoms with E-state index in [0.717, 1.165) is 5.56 Å². The first-order chi connectivity index (χ1) is 8.95. The Morgan fingerprint density at radius 1 is 1.63 bits per heavy atom. The zero-order chi connectivity index (χ0) is 14.2. The molecule has 1 aromatic carbocycles. The van der Waals surface area contributed by atoms with Crippen molar-refractivity contribution >= 4 is 11.6 Å². The van der Waals surface area contributed by atoms with Crippen LogP contribution in [0.25, 0.3) is 0 Å². The van der Waals surface area contributed by atoms with Crippen LogP contribution in [-0.4, -0.2) is 24.5 Å². The molecule has 1 heterocycles. The van der Waals surface area contributed by atoms with Crippen LogP contribution in [0.1, 0.15) is 23.0 Å². The lowest BCUT2D eigenvalue weighted by Crippen LogP contribution is -2.21. The van der Waals surface area contributed by atoms with Crippen LogP contribution in [-0.2, 0) is 16.1 Å². The molecule has 0 saturated heterocycles. The highest BCUT2D eigenvalue weighted by Crippen LogP contribution is 2.41. The summed E-state index contributed by atoms with van der Waals surface area (Å²) in [6.45, 7) is 1.90. The minimum absolute atomic E-state index is 0.0766. The van der Waals surface area contributed by atoms with Crippen LogP contribution in [0.15, 0.2) is 6.07 Å². The van der Waals surface area contributed by atoms with Gasteiger partial charge in [-0.25, -0.2) is 0 Å². The van der Waals surface area contributed by atoms with Crippen LogP contribution in [0.4, 0.5) is 14.5 Å². The zero-order valence-electron chi connectivity index (χ0n) is 10.4. The second-order valence-corrected chi connectivity index (χ2v) is 4.10. The number of fused-ring (bicyclic) bond motifs is 1. The predicted octanol–water partition coefficient (Wildman–Crippen LogP) is 1.73. The van der Waals surface area contributed by atoms with Gasteiger partial charge in [0.2, 0.25) is 0 Å². The number of aliphatic hydroxyl groups is 1. The molecule has 7 heteroatoms. The average molecular weight is 273 g/mol. The van der Waals surface area contributed by atoms with Crippen molar-refractivity contribution in [2.24, 2.45) is 0 Å². The summed E-state index contributed by atoms with van der Waals surface area (Å²) >= 11 is 0. The molecule has 1 aliphatic heterocycles. The monoisotopic (exact) mass is 273 g/mol. The van der Waals surface area contributed by atoms with E-state index in [2.05, 4.69) is 5.32 Å². The smallest absolute Gasteiger partial charge is 0.315 e. The summed E-state index contributed by atoms with van der Waals surface area (Å²) in [6.07, 6.45) is -4.38. The van der Waals surface area contributed by atoms with E-state index in [9.17, 15) is 18.7 Å². The predicted molar refractivity (Wildman–Crippen MR) is 62.1 cm³/mol. The Morgan fingerprint density at radius 3 is 2.89 bits per heavy atom. The highest BCUT2D eigenvalue weighted by Gasteiger charge is 2.29. The molecule has 104 valence electrons. The largest absolute Gasteiger partial charge is 0.496 e. The fourth-order valence-electron chi connectivity index (χ4n) is 2.05. The summed E-state index contributed by atoms with van der Waals surface area (Å²) in [5, 5.41) is 11.8. The van der Waals surface area contributed by atoms with E-state index < -0.39 is 18.6 Å². The summed E-state index contributed by atoms with van der Waals surface area (Å²) in [7, 11) is 1.43. The van der Waals surface area contributed by atoms with E-state index in [-0.39, 0.29) is 12.3 Å². The molecule has 0 fully saturated rings. The molecule has 1 atom stereocenters. The Hall–Kier alpha value is -1.73. The van der Waals surface area contributed by atoms with Gasteiger partial charge in [-0.3, -0.25) is 4.79 Å². The Kier molecular flexibility index (Phi) is 3.68. The molecule has 0 aliphatic carbocycles. The Balaban J connectivity index is 2.48. The maximum absolute atomic E-state index is 12.3. The summed E-state index contributed by atoms with van der Waals surface area (Å²) in [6, 6.07) is 1.40. The fraction of sp³-hybridized carbons (Fsp3) is 0.417. The Labute approximate surface area is 108 Å². The molecular formula is C12H13F2NO4. The van der Waals surface area contributed by atoms with Crippen LogP contribution >= 0.6 is 0 Å². The van der Waals surface area contributed by atoms with E-state index in [1.54, 1.807) is 6.92 Å². The van der Waals surface area contributed by atoms with Crippen molar-refractivity contribution in [1.29, 1.82) is 0 Å². The van der Waals surface area contributed by atoms with Gasteiger partial charge in [0.1, 0.15) is 5.75 Å². The van der Waals surface area contributed by atoms with Crippen LogP contribution < -0.4 is 10.1 Å². The van der Waals surface area contributed by atoms with Crippen molar-refractivity contribution in [3.8, 4) is 5.75 Å². The van der Waals surface area contributed by atoms with Gasteiger partial charge in [0.05, 0.1) is 19.4 Å². The van der Waals surface area contributed by atoms with Gasteiger partial charge in [-0.1, -0.05) is 0 Å². The van der Waals surface area contributed by atoms with E-state index in [1.165, 1.54) is 13.2 Å². The standard InChI is InChI=1S/C12H13F2NO4/c1-5-6-4-19-12(17)9(6)7(3-8(5)18-2)15-11(16)10(13)14/h3,10,12,17H,4H2,1-2H3,(H,15,16). The maximum Gasteiger partial charge on any atom is 0.315 e. The van der Waals surface area contributed by atoms with Crippen molar-refractivity contribution in [1.82, 2.24) is 0 Å². The van der Waals surface area contributed by atoms with Gasteiger partial charge in [-0.05, 0) is 18.1 Å². The summed E-state index contributed by atoms with van der Waals surface area (Å²) in [5.41, 5.74) is 1.75. The van der Waals surface area contributed by atoms with Crippen molar-refractivity contribution in [3.05, 3.63) is 22.8 Å². The number of nitrogens with one attached hydrogen (secondary N) is 1. The maximum atomic E-state index is 12.3. The van der Waals surface area contributed by atoms with Crippen LogP contribution in [0.3, 0.4) is 0 Å². The third-order valence-corrected chi connectivity index (χ3v) is 3.02. The average Bonchev–Trinajstić information content (AvgIpc) is 2.75. The Bertz CT molecular complexity index is 519. The van der Waals surface area contributed by atoms with E-state index in [0.29, 0.717) is 16.9 Å². The molecule has 2 N–H and O–H groups in total. The second kappa shape index (κ2) is 5.10. The topological polar surface area (TPSA) is 67.8 Å². The highest BCUT2D eigenvalue weighted by molar-refractivity contribution is 5.94. The minimum atomic E-state index is -3.14. The van der Waals surface area contributed by atoms with Gasteiger partial charge in [0, 0.05) is 11.6 Å². The summed E-state index contributed by atoms with van der Waals surface area (Å²) in [4.78, 5) is 11.1. The number of anilines is 1. The SMILES string of the molecule is COc1cc(NC(=O)C(F)F)c2c(c1C)COC2O. The highest BCUT2D eigenvalue weighted by atomic mass is 19.3. The fourth-order valence-corrected chi connectivity index (χ4v) is 2.05. The number of aliphatic hydroxyl groups excluding tert-OH is 1. The third kappa shape index (κ3) is 2.39. The van der Waals surface area contributed by atoms with Gasteiger partial charge in [-0.2, -0.15) is 8.78 Å². The molecule has 1 aliphatic rings. The lowest BCUT2D eigenvalue weighted by molar-refractivity contribution is -0.126. The molecule has 0 aromatic heterocycles. The van der Waals surface area contributed by atoms with Gasteiger partial charge in [0.15, 0.2) is 6.29 Å². The van der Waals surface area contributed by atoms with Crippen LogP contribution in [0, 0.1) is 6.92 Å². The van der Waals surface area contributed by atoms with E-state index in [1.807, 2.05) is 0 Å². The van der Waals surface area contributed by atoms with Crippen LogP contribution in [0.5, 0.6) is 5.75 Å². The molecule has 0 spiro atoms. The molecule has 1 amide bonds. The van der Waals surface area contributed by atoms with Gasteiger partial charge < -0.3 is 19.9 Å². The summed E-state index contributed by atoms with van der Waals surface area (Å²) < 4.78 is 34.7. The van der Waals surface area contributed by atoms with E-state index in [4.69, 9.17) is 9.47 Å². The number of rotatable bonds is 3. The molecule has 0 bridgehead atoms. The van der Waals surface area contributed by atoms with Gasteiger partial charge in [-0.15, -0.1) is 0 Å². The zero-order valence-corrected chi connectivity index (χ0v) is 10.4. The number of carbonyl (C=O) groups is 1. The number of alkyl halides is 2. The number of methoxy groups -OCH3 is 1. The van der Waals surface area contributed by atoms with Crippen molar-refractivity contribution < 1.29 is 28.2 Å². The number of carbonyl (C=O) groups excluding carboxylic acids is 1. The number of benzene rings is 1. The first-order valence-electron chi connectivity index (χ1n) is 5.54. The normalized spacial score (nSPS) is 17.5. The minimum Gasteiger partial charge on any atom is -0.496 e. The third-order valence-electron chi connectivity index (χ3n) is 3.02. The molecule has 5 nitrogen and oxygen atoms in total. The first kappa shape index (κ1) is 13.7. The quantitative estimate of drug-likeness (QED) is 0.880. The second-order valence-electron chi connectivity index (χ2n) is 4.10. The first-order valence-corrected chi connectivity index (χ1v) is 5.54. The Morgan fingerprint density at radius 2 is 2.32 bits per heavy atom. The molecule has 0 saturated carbocycles. The number of hydrogen-bond acceptors (Lipinski definition) is 4. The number of hydrogen-bond donors (Lipinski definition) is 2. The lowest BCUT2D eigenvalue weighted by Gasteiger charge is -2.16. The van der Waals surface area contributed by atoms with Gasteiger partial charge in [0.25, 0.3) is 5.91 Å². The van der Waals surface area contributed by atoms with Gasteiger partial charge >= 0.3 is 6.43 Å². The number of ether oxygens (including phenoxy) is 2. The molecule has 2 rings (SSSR count). The molecular weight excluding hydrogens is 260 g/mol. The van der Waals surface area contributed by atoms with E-state index >= 15 is 0 Å². The molecule has 0 radical (unpaired) electrons. The van der Waals surface area contributed by atoms with Crippen LogP contribution in [0.2, 0.25) is 0 Å². The van der Waals surface area contributed by atoms with Crippen molar-refractivity contribution in [3.63, 3.8) is 0 Å². The summed E-state index contributed by atoms with van der Waals surface area (Å²) in [5.74, 6) is -1.01. The molecule has 19 heavy (non-hydrogen) atoms. The number of halogens is 2. The van der Waals surface area contributed by atoms with Crippen molar-refractivity contribution in [2.75, 3.05) is 12.4 Å².